The minimum absolute atomic E-state index is 0.0751. The molecule has 0 aromatic heterocycles. The van der Waals surface area contributed by atoms with Crippen molar-refractivity contribution in [3.05, 3.63) is 114 Å². The Bertz CT molecular complexity index is 1660. The first-order chi connectivity index (χ1) is 18.9. The standard InChI is InChI=1S/C33H29FN2O3/c1-3-35(4-2)20-36-29-18-15-23(34)19-28(29)33(32(36)39,26-16-13-21-9-5-7-11-24(21)30(26)37)27-17-14-22-10-6-8-12-25(22)31(27)38/h5-19,37-38H,3-4,20H2,1-2H3. The SMILES string of the molecule is CCN(CC)CN1C(=O)C(c2ccc3ccccc3c2O)(c2ccc3ccccc3c2O)c2cc(F)ccc21. The van der Waals surface area contributed by atoms with E-state index in [0.717, 1.165) is 10.8 Å². The molecular weight excluding hydrogens is 491 g/mol. The summed E-state index contributed by atoms with van der Waals surface area (Å²) < 4.78 is 15.0. The van der Waals surface area contributed by atoms with Crippen molar-refractivity contribution in [1.29, 1.82) is 0 Å². The van der Waals surface area contributed by atoms with Crippen LogP contribution in [0.1, 0.15) is 30.5 Å². The number of halogens is 1. The molecule has 1 heterocycles. The summed E-state index contributed by atoms with van der Waals surface area (Å²) in [7, 11) is 0. The third-order valence-corrected chi connectivity index (χ3v) is 8.06. The van der Waals surface area contributed by atoms with E-state index in [2.05, 4.69) is 4.90 Å². The van der Waals surface area contributed by atoms with Crippen LogP contribution in [0.2, 0.25) is 0 Å². The van der Waals surface area contributed by atoms with Crippen LogP contribution in [-0.4, -0.2) is 40.8 Å². The maximum atomic E-state index is 15.0. The van der Waals surface area contributed by atoms with Gasteiger partial charge >= 0.3 is 0 Å². The van der Waals surface area contributed by atoms with Crippen molar-refractivity contribution in [1.82, 2.24) is 4.90 Å². The van der Waals surface area contributed by atoms with Gasteiger partial charge in [0, 0.05) is 27.5 Å². The van der Waals surface area contributed by atoms with Gasteiger partial charge in [-0.3, -0.25) is 14.6 Å². The van der Waals surface area contributed by atoms with Crippen LogP contribution in [0.4, 0.5) is 10.1 Å². The van der Waals surface area contributed by atoms with E-state index in [0.29, 0.717) is 46.2 Å². The van der Waals surface area contributed by atoms with Crippen LogP contribution in [0, 0.1) is 5.82 Å². The van der Waals surface area contributed by atoms with E-state index >= 15 is 4.39 Å². The lowest BCUT2D eigenvalue weighted by molar-refractivity contribution is -0.121. The number of anilines is 1. The minimum Gasteiger partial charge on any atom is -0.507 e. The summed E-state index contributed by atoms with van der Waals surface area (Å²) in [5.41, 5.74) is -0.159. The zero-order valence-corrected chi connectivity index (χ0v) is 21.9. The van der Waals surface area contributed by atoms with Gasteiger partial charge in [-0.05, 0) is 42.1 Å². The second kappa shape index (κ2) is 9.40. The summed E-state index contributed by atoms with van der Waals surface area (Å²) in [6.07, 6.45) is 0. The Hall–Kier alpha value is -4.42. The van der Waals surface area contributed by atoms with E-state index in [-0.39, 0.29) is 24.1 Å². The number of hydrogen-bond acceptors (Lipinski definition) is 4. The molecular formula is C33H29FN2O3. The first kappa shape index (κ1) is 24.9. The highest BCUT2D eigenvalue weighted by molar-refractivity contribution is 6.15. The summed E-state index contributed by atoms with van der Waals surface area (Å²) in [4.78, 5) is 18.6. The number of phenolic OH excluding ortho intramolecular Hbond substituents is 2. The molecule has 0 saturated carbocycles. The summed E-state index contributed by atoms with van der Waals surface area (Å²) in [6.45, 7) is 5.76. The maximum Gasteiger partial charge on any atom is 0.248 e. The number of benzene rings is 5. The Kier molecular flexibility index (Phi) is 6.00. The Morgan fingerprint density at radius 3 is 1.82 bits per heavy atom. The number of amides is 1. The highest BCUT2D eigenvalue weighted by Crippen LogP contribution is 2.56. The van der Waals surface area contributed by atoms with Gasteiger partial charge in [-0.25, -0.2) is 4.39 Å². The Labute approximate surface area is 226 Å². The van der Waals surface area contributed by atoms with Crippen LogP contribution in [-0.2, 0) is 10.2 Å². The van der Waals surface area contributed by atoms with E-state index in [4.69, 9.17) is 0 Å². The molecule has 0 unspecified atom stereocenters. The molecule has 1 amide bonds. The summed E-state index contributed by atoms with van der Waals surface area (Å²) in [5, 5.41) is 26.3. The van der Waals surface area contributed by atoms with E-state index < -0.39 is 11.2 Å². The second-order valence-corrected chi connectivity index (χ2v) is 9.96. The molecule has 5 nitrogen and oxygen atoms in total. The third-order valence-electron chi connectivity index (χ3n) is 8.06. The van der Waals surface area contributed by atoms with Gasteiger partial charge in [0.25, 0.3) is 0 Å². The predicted octanol–water partition coefficient (Wildman–Crippen LogP) is 6.52. The average Bonchev–Trinajstić information content (AvgIpc) is 3.19. The largest absolute Gasteiger partial charge is 0.507 e. The first-order valence-corrected chi connectivity index (χ1v) is 13.2. The smallest absolute Gasteiger partial charge is 0.248 e. The Morgan fingerprint density at radius 2 is 1.28 bits per heavy atom. The van der Waals surface area contributed by atoms with Crippen LogP contribution < -0.4 is 4.90 Å². The van der Waals surface area contributed by atoms with Crippen molar-refractivity contribution in [2.45, 2.75) is 19.3 Å². The summed E-state index contributed by atoms with van der Waals surface area (Å²) in [6, 6.07) is 26.2. The maximum absolute atomic E-state index is 15.0. The normalized spacial score (nSPS) is 14.5. The average molecular weight is 521 g/mol. The number of carbonyl (C=O) groups is 1. The van der Waals surface area contributed by atoms with Gasteiger partial charge in [0.05, 0.1) is 12.4 Å². The minimum atomic E-state index is -1.69. The molecule has 0 radical (unpaired) electrons. The van der Waals surface area contributed by atoms with E-state index in [1.54, 1.807) is 35.2 Å². The van der Waals surface area contributed by atoms with Crippen molar-refractivity contribution >= 4 is 33.1 Å². The molecule has 39 heavy (non-hydrogen) atoms. The molecule has 0 fully saturated rings. The molecule has 0 spiro atoms. The van der Waals surface area contributed by atoms with Crippen LogP contribution in [0.25, 0.3) is 21.5 Å². The number of rotatable bonds is 6. The molecule has 6 heteroatoms. The van der Waals surface area contributed by atoms with Gasteiger partial charge in [0.2, 0.25) is 5.91 Å². The number of nitrogens with zero attached hydrogens (tertiary/aromatic N) is 2. The molecule has 5 aromatic rings. The fraction of sp³-hybridized carbons (Fsp3) is 0.182. The third kappa shape index (κ3) is 3.59. The summed E-state index contributed by atoms with van der Waals surface area (Å²) >= 11 is 0. The molecule has 1 aliphatic rings. The van der Waals surface area contributed by atoms with Crippen LogP contribution in [0.15, 0.2) is 91.0 Å². The van der Waals surface area contributed by atoms with Gasteiger partial charge in [0.1, 0.15) is 22.7 Å². The number of aromatic hydroxyl groups is 2. The van der Waals surface area contributed by atoms with Crippen molar-refractivity contribution in [3.8, 4) is 11.5 Å². The van der Waals surface area contributed by atoms with Gasteiger partial charge in [-0.15, -0.1) is 0 Å². The van der Waals surface area contributed by atoms with E-state index in [9.17, 15) is 15.0 Å². The van der Waals surface area contributed by atoms with E-state index in [1.807, 2.05) is 62.4 Å². The zero-order chi connectivity index (χ0) is 27.3. The topological polar surface area (TPSA) is 64.0 Å². The molecule has 2 N–H and O–H groups in total. The van der Waals surface area contributed by atoms with Crippen LogP contribution in [0.3, 0.4) is 0 Å². The Balaban J connectivity index is 1.75. The molecule has 5 aromatic carbocycles. The first-order valence-electron chi connectivity index (χ1n) is 13.2. The lowest BCUT2D eigenvalue weighted by Gasteiger charge is -2.33. The van der Waals surface area contributed by atoms with Gasteiger partial charge in [-0.1, -0.05) is 86.6 Å². The van der Waals surface area contributed by atoms with Gasteiger partial charge in [0.15, 0.2) is 0 Å². The molecule has 0 atom stereocenters. The molecule has 1 aliphatic heterocycles. The number of fused-ring (bicyclic) bond motifs is 3. The van der Waals surface area contributed by atoms with Crippen LogP contribution in [0.5, 0.6) is 11.5 Å². The zero-order valence-electron chi connectivity index (χ0n) is 21.9. The Morgan fingerprint density at radius 1 is 0.744 bits per heavy atom. The number of carbonyl (C=O) groups excluding carboxylic acids is 1. The van der Waals surface area contributed by atoms with Gasteiger partial charge in [-0.2, -0.15) is 0 Å². The van der Waals surface area contributed by atoms with E-state index in [1.165, 1.54) is 12.1 Å². The predicted molar refractivity (Wildman–Crippen MR) is 153 cm³/mol. The molecule has 6 rings (SSSR count). The van der Waals surface area contributed by atoms with Crippen molar-refractivity contribution in [2.24, 2.45) is 0 Å². The highest BCUT2D eigenvalue weighted by atomic mass is 19.1. The fourth-order valence-electron chi connectivity index (χ4n) is 6.02. The van der Waals surface area contributed by atoms with Crippen molar-refractivity contribution < 1.29 is 19.4 Å². The van der Waals surface area contributed by atoms with Crippen LogP contribution >= 0.6 is 0 Å². The van der Waals surface area contributed by atoms with Gasteiger partial charge < -0.3 is 10.2 Å². The quantitative estimate of drug-likeness (QED) is 0.267. The second-order valence-electron chi connectivity index (χ2n) is 9.96. The monoisotopic (exact) mass is 520 g/mol. The fourth-order valence-corrected chi connectivity index (χ4v) is 6.02. The molecule has 0 saturated heterocycles. The highest BCUT2D eigenvalue weighted by Gasteiger charge is 2.56. The van der Waals surface area contributed by atoms with Crippen molar-refractivity contribution in [3.63, 3.8) is 0 Å². The lowest BCUT2D eigenvalue weighted by Crippen LogP contribution is -2.46. The number of phenols is 2. The molecule has 196 valence electrons. The lowest BCUT2D eigenvalue weighted by atomic mass is 9.68. The number of hydrogen-bond donors (Lipinski definition) is 2. The summed E-state index contributed by atoms with van der Waals surface area (Å²) in [5.74, 6) is -1.01. The molecule has 0 aliphatic carbocycles. The van der Waals surface area contributed by atoms with Crippen molar-refractivity contribution in [2.75, 3.05) is 24.7 Å². The molecule has 0 bridgehead atoms.